The van der Waals surface area contributed by atoms with Gasteiger partial charge in [-0.2, -0.15) is 0 Å². The SMILES string of the molecule is COc1ccc(CCNC(=O)CN2C(=O)C(c3ccccc3)=NC23CCCC3)cc1OC. The minimum atomic E-state index is -0.580. The molecule has 0 unspecified atom stereocenters. The largest absolute Gasteiger partial charge is 0.493 e. The Hall–Kier alpha value is -3.35. The van der Waals surface area contributed by atoms with E-state index in [4.69, 9.17) is 14.5 Å². The van der Waals surface area contributed by atoms with Gasteiger partial charge in [-0.1, -0.05) is 36.4 Å². The Morgan fingerprint density at radius 3 is 2.47 bits per heavy atom. The molecule has 1 N–H and O–H groups in total. The quantitative estimate of drug-likeness (QED) is 0.691. The first kappa shape index (κ1) is 21.9. The lowest BCUT2D eigenvalue weighted by atomic mass is 10.1. The van der Waals surface area contributed by atoms with Gasteiger partial charge in [0.2, 0.25) is 5.91 Å². The Kier molecular flexibility index (Phi) is 6.44. The molecule has 0 saturated heterocycles. The smallest absolute Gasteiger partial charge is 0.275 e. The second-order valence-electron chi connectivity index (χ2n) is 8.20. The first-order valence-electron chi connectivity index (χ1n) is 11.0. The van der Waals surface area contributed by atoms with Gasteiger partial charge < -0.3 is 19.7 Å². The van der Waals surface area contributed by atoms with E-state index < -0.39 is 5.66 Å². The molecule has 1 heterocycles. The van der Waals surface area contributed by atoms with Gasteiger partial charge in [-0.15, -0.1) is 0 Å². The van der Waals surface area contributed by atoms with E-state index in [-0.39, 0.29) is 18.4 Å². The van der Waals surface area contributed by atoms with Crippen molar-refractivity contribution < 1.29 is 19.1 Å². The fraction of sp³-hybridized carbons (Fsp3) is 0.400. The highest BCUT2D eigenvalue weighted by molar-refractivity contribution is 6.47. The highest BCUT2D eigenvalue weighted by atomic mass is 16.5. The summed E-state index contributed by atoms with van der Waals surface area (Å²) >= 11 is 0. The number of carbonyl (C=O) groups excluding carboxylic acids is 2. The van der Waals surface area contributed by atoms with Crippen molar-refractivity contribution in [2.45, 2.75) is 37.8 Å². The molecule has 1 fully saturated rings. The highest BCUT2D eigenvalue weighted by Gasteiger charge is 2.49. The Bertz CT molecular complexity index is 1010. The van der Waals surface area contributed by atoms with Crippen molar-refractivity contribution in [2.75, 3.05) is 27.3 Å². The van der Waals surface area contributed by atoms with Crippen molar-refractivity contribution in [1.82, 2.24) is 10.2 Å². The average Bonchev–Trinajstić information content (AvgIpc) is 3.40. The summed E-state index contributed by atoms with van der Waals surface area (Å²) in [4.78, 5) is 32.5. The first-order valence-corrected chi connectivity index (χ1v) is 11.0. The Morgan fingerprint density at radius 2 is 1.78 bits per heavy atom. The molecule has 1 spiro atoms. The predicted molar refractivity (Wildman–Crippen MR) is 122 cm³/mol. The van der Waals surface area contributed by atoms with Crippen LogP contribution in [0.25, 0.3) is 0 Å². The number of nitrogens with zero attached hydrogens (tertiary/aromatic N) is 2. The molecule has 4 rings (SSSR count). The van der Waals surface area contributed by atoms with Gasteiger partial charge in [-0.25, -0.2) is 0 Å². The summed E-state index contributed by atoms with van der Waals surface area (Å²) in [6.45, 7) is 0.486. The van der Waals surface area contributed by atoms with Gasteiger partial charge in [-0.05, 0) is 49.8 Å². The zero-order chi connectivity index (χ0) is 22.6. The Balaban J connectivity index is 1.39. The van der Waals surface area contributed by atoms with Gasteiger partial charge in [0.1, 0.15) is 17.9 Å². The van der Waals surface area contributed by atoms with Crippen LogP contribution >= 0.6 is 0 Å². The predicted octanol–water partition coefficient (Wildman–Crippen LogP) is 2.96. The standard InChI is InChI=1S/C25H29N3O4/c1-31-20-11-10-18(16-21(20)32-2)12-15-26-22(29)17-28-24(30)23(19-8-4-3-5-9-19)27-25(28)13-6-7-14-25/h3-5,8-11,16H,6-7,12-15,17H2,1-2H3,(H,26,29). The summed E-state index contributed by atoms with van der Waals surface area (Å²) in [5.41, 5.74) is 1.72. The summed E-state index contributed by atoms with van der Waals surface area (Å²) in [6, 6.07) is 15.2. The number of carbonyl (C=O) groups is 2. The van der Waals surface area contributed by atoms with Gasteiger partial charge in [-0.3, -0.25) is 14.6 Å². The average molecular weight is 436 g/mol. The van der Waals surface area contributed by atoms with Crippen LogP contribution in [0.1, 0.15) is 36.8 Å². The maximum atomic E-state index is 13.2. The maximum absolute atomic E-state index is 13.2. The number of amides is 2. The molecular formula is C25H29N3O4. The van der Waals surface area contributed by atoms with E-state index in [0.29, 0.717) is 30.2 Å². The fourth-order valence-electron chi connectivity index (χ4n) is 4.54. The number of hydrogen-bond donors (Lipinski definition) is 1. The number of hydrogen-bond acceptors (Lipinski definition) is 5. The zero-order valence-electron chi connectivity index (χ0n) is 18.6. The van der Waals surface area contributed by atoms with Crippen molar-refractivity contribution in [2.24, 2.45) is 4.99 Å². The van der Waals surface area contributed by atoms with Crippen LogP contribution in [0.15, 0.2) is 53.5 Å². The molecule has 1 aliphatic carbocycles. The number of ether oxygens (including phenoxy) is 2. The molecular weight excluding hydrogens is 406 g/mol. The third-order valence-electron chi connectivity index (χ3n) is 6.21. The normalized spacial score (nSPS) is 16.9. The Morgan fingerprint density at radius 1 is 1.06 bits per heavy atom. The van der Waals surface area contributed by atoms with Gasteiger partial charge in [0.25, 0.3) is 5.91 Å². The van der Waals surface area contributed by atoms with Gasteiger partial charge in [0, 0.05) is 12.1 Å². The second kappa shape index (κ2) is 9.42. The minimum Gasteiger partial charge on any atom is -0.493 e. The van der Waals surface area contributed by atoms with Crippen molar-refractivity contribution in [3.05, 3.63) is 59.7 Å². The number of rotatable bonds is 8. The summed E-state index contributed by atoms with van der Waals surface area (Å²) in [5.74, 6) is 0.999. The monoisotopic (exact) mass is 435 g/mol. The summed E-state index contributed by atoms with van der Waals surface area (Å²) in [7, 11) is 3.20. The maximum Gasteiger partial charge on any atom is 0.275 e. The molecule has 2 aromatic carbocycles. The molecule has 0 radical (unpaired) electrons. The van der Waals surface area contributed by atoms with E-state index in [2.05, 4.69) is 5.32 Å². The molecule has 0 bridgehead atoms. The molecule has 0 aromatic heterocycles. The van der Waals surface area contributed by atoms with Crippen molar-refractivity contribution in [1.29, 1.82) is 0 Å². The zero-order valence-corrected chi connectivity index (χ0v) is 18.6. The number of nitrogens with one attached hydrogen (secondary N) is 1. The third-order valence-corrected chi connectivity index (χ3v) is 6.21. The van der Waals surface area contributed by atoms with Gasteiger partial charge in [0.05, 0.1) is 14.2 Å². The van der Waals surface area contributed by atoms with Gasteiger partial charge >= 0.3 is 0 Å². The van der Waals surface area contributed by atoms with Crippen LogP contribution in [-0.4, -0.2) is 55.4 Å². The summed E-state index contributed by atoms with van der Waals surface area (Å²) in [5, 5.41) is 2.95. The topological polar surface area (TPSA) is 80.2 Å². The van der Waals surface area contributed by atoms with Crippen LogP contribution in [0.4, 0.5) is 0 Å². The van der Waals surface area contributed by atoms with E-state index in [1.165, 1.54) is 0 Å². The summed E-state index contributed by atoms with van der Waals surface area (Å²) in [6.07, 6.45) is 4.27. The number of benzene rings is 2. The van der Waals surface area contributed by atoms with Crippen molar-refractivity contribution in [3.8, 4) is 11.5 Å². The number of methoxy groups -OCH3 is 2. The molecule has 1 aliphatic heterocycles. The van der Waals surface area contributed by atoms with Crippen LogP contribution < -0.4 is 14.8 Å². The second-order valence-corrected chi connectivity index (χ2v) is 8.20. The van der Waals surface area contributed by atoms with Crippen molar-refractivity contribution in [3.63, 3.8) is 0 Å². The molecule has 1 saturated carbocycles. The van der Waals surface area contributed by atoms with Crippen LogP contribution in [-0.2, 0) is 16.0 Å². The van der Waals surface area contributed by atoms with Gasteiger partial charge in [0.15, 0.2) is 11.5 Å². The van der Waals surface area contributed by atoms with E-state index in [1.54, 1.807) is 19.1 Å². The molecule has 2 aliphatic rings. The van der Waals surface area contributed by atoms with Crippen LogP contribution in [0.2, 0.25) is 0 Å². The van der Waals surface area contributed by atoms with E-state index >= 15 is 0 Å². The molecule has 0 atom stereocenters. The van der Waals surface area contributed by atoms with E-state index in [1.807, 2.05) is 48.5 Å². The molecule has 7 nitrogen and oxygen atoms in total. The molecule has 2 aromatic rings. The van der Waals surface area contributed by atoms with E-state index in [9.17, 15) is 9.59 Å². The van der Waals surface area contributed by atoms with Crippen molar-refractivity contribution >= 4 is 17.5 Å². The Labute approximate surface area is 188 Å². The van der Waals surface area contributed by atoms with Crippen LogP contribution in [0, 0.1) is 0 Å². The lowest BCUT2D eigenvalue weighted by Crippen LogP contribution is -2.50. The molecule has 168 valence electrons. The molecule has 32 heavy (non-hydrogen) atoms. The third kappa shape index (κ3) is 4.33. The van der Waals surface area contributed by atoms with Crippen LogP contribution in [0.3, 0.4) is 0 Å². The molecule has 2 amide bonds. The minimum absolute atomic E-state index is 0.0185. The fourth-order valence-corrected chi connectivity index (χ4v) is 4.54. The summed E-state index contributed by atoms with van der Waals surface area (Å²) < 4.78 is 10.6. The lowest BCUT2D eigenvalue weighted by molar-refractivity contribution is -0.134. The molecule has 7 heteroatoms. The first-order chi connectivity index (χ1) is 15.6. The highest BCUT2D eigenvalue weighted by Crippen LogP contribution is 2.40. The number of aliphatic imine (C=N–C) groups is 1. The lowest BCUT2D eigenvalue weighted by Gasteiger charge is -2.32. The van der Waals surface area contributed by atoms with E-state index in [0.717, 1.165) is 36.8 Å². The van der Waals surface area contributed by atoms with Crippen LogP contribution in [0.5, 0.6) is 11.5 Å².